The van der Waals surface area contributed by atoms with Gasteiger partial charge >= 0.3 is 11.8 Å². The fraction of sp³-hybridized carbons (Fsp3) is 0.385. The van der Waals surface area contributed by atoms with Gasteiger partial charge in [0.25, 0.3) is 0 Å². The van der Waals surface area contributed by atoms with Crippen molar-refractivity contribution in [2.24, 2.45) is 0 Å². The highest BCUT2D eigenvalue weighted by molar-refractivity contribution is 9.10. The topological polar surface area (TPSA) is 61.4 Å². The molecule has 2 amide bonds. The van der Waals surface area contributed by atoms with Gasteiger partial charge in [-0.05, 0) is 31.2 Å². The monoisotopic (exact) mass is 359 g/mol. The molecule has 108 valence electrons. The summed E-state index contributed by atoms with van der Waals surface area (Å²) in [5.41, 5.74) is 0.423. The van der Waals surface area contributed by atoms with Crippen LogP contribution in [0, 0.1) is 0 Å². The number of rotatable bonds is 1. The normalized spacial score (nSPS) is 15.6. The number of carbonyl (C=O) groups excluding carboxylic acids is 2. The summed E-state index contributed by atoms with van der Waals surface area (Å²) < 4.78 is 0.781. The molecule has 0 radical (unpaired) electrons. The number of halogens is 2. The molecule has 0 aromatic heterocycles. The van der Waals surface area contributed by atoms with Crippen LogP contribution in [0.15, 0.2) is 22.7 Å². The van der Waals surface area contributed by atoms with Crippen LogP contribution in [0.25, 0.3) is 0 Å². The van der Waals surface area contributed by atoms with Crippen molar-refractivity contribution < 1.29 is 9.59 Å². The molecule has 1 aromatic carbocycles. The zero-order chi connectivity index (χ0) is 14.5. The highest BCUT2D eigenvalue weighted by Crippen LogP contribution is 2.25. The van der Waals surface area contributed by atoms with E-state index in [1.54, 1.807) is 23.1 Å². The van der Waals surface area contributed by atoms with Crippen LogP contribution in [0.4, 0.5) is 5.69 Å². The summed E-state index contributed by atoms with van der Waals surface area (Å²) in [6.07, 6.45) is 0.844. The van der Waals surface area contributed by atoms with Crippen molar-refractivity contribution in [3.05, 3.63) is 27.7 Å². The van der Waals surface area contributed by atoms with Crippen LogP contribution in [0.3, 0.4) is 0 Å². The minimum atomic E-state index is -0.660. The zero-order valence-corrected chi connectivity index (χ0v) is 13.1. The molecule has 0 unspecified atom stereocenters. The molecule has 7 heteroatoms. The van der Waals surface area contributed by atoms with Gasteiger partial charge in [0.1, 0.15) is 0 Å². The van der Waals surface area contributed by atoms with E-state index in [1.165, 1.54) is 0 Å². The van der Waals surface area contributed by atoms with E-state index < -0.39 is 11.8 Å². The average molecular weight is 361 g/mol. The van der Waals surface area contributed by atoms with Gasteiger partial charge < -0.3 is 15.5 Å². The summed E-state index contributed by atoms with van der Waals surface area (Å²) in [5.74, 6) is -1.18. The van der Waals surface area contributed by atoms with Gasteiger partial charge in [-0.15, -0.1) is 0 Å². The number of amides is 2. The first-order valence-corrected chi connectivity index (χ1v) is 7.51. The second-order valence-electron chi connectivity index (χ2n) is 4.47. The quantitative estimate of drug-likeness (QED) is 0.752. The van der Waals surface area contributed by atoms with Crippen molar-refractivity contribution in [3.8, 4) is 0 Å². The molecule has 5 nitrogen and oxygen atoms in total. The predicted octanol–water partition coefficient (Wildman–Crippen LogP) is 1.86. The largest absolute Gasteiger partial charge is 0.333 e. The predicted molar refractivity (Wildman–Crippen MR) is 81.8 cm³/mol. The second-order valence-corrected chi connectivity index (χ2v) is 5.80. The van der Waals surface area contributed by atoms with E-state index in [-0.39, 0.29) is 0 Å². The zero-order valence-electron chi connectivity index (χ0n) is 10.8. The molecule has 1 saturated heterocycles. The highest BCUT2D eigenvalue weighted by Gasteiger charge is 2.23. The lowest BCUT2D eigenvalue weighted by Crippen LogP contribution is -2.41. The molecular weight excluding hydrogens is 346 g/mol. The van der Waals surface area contributed by atoms with Crippen LogP contribution in [0.5, 0.6) is 0 Å². The minimum Gasteiger partial charge on any atom is -0.333 e. The molecular formula is C13H15BrClN3O2. The molecule has 0 aliphatic carbocycles. The fourth-order valence-corrected chi connectivity index (χ4v) is 2.49. The Morgan fingerprint density at radius 1 is 1.30 bits per heavy atom. The Balaban J connectivity index is 2.03. The first-order valence-electron chi connectivity index (χ1n) is 6.34. The molecule has 1 fully saturated rings. The van der Waals surface area contributed by atoms with E-state index in [0.29, 0.717) is 30.3 Å². The standard InChI is InChI=1S/C13H15BrClN3O2/c14-9-2-3-10(15)11(8-9)17-12(19)13(20)18-6-1-4-16-5-7-18/h2-3,8,16H,1,4-7H2,(H,17,19). The third-order valence-electron chi connectivity index (χ3n) is 3.00. The first kappa shape index (κ1) is 15.3. The summed E-state index contributed by atoms with van der Waals surface area (Å²) in [6, 6.07) is 5.08. The molecule has 0 saturated carbocycles. The average Bonchev–Trinajstić information content (AvgIpc) is 2.71. The van der Waals surface area contributed by atoms with Crippen LogP contribution >= 0.6 is 27.5 Å². The smallest absolute Gasteiger partial charge is 0.313 e. The van der Waals surface area contributed by atoms with E-state index in [1.807, 2.05) is 0 Å². The van der Waals surface area contributed by atoms with Crippen LogP contribution in [0.2, 0.25) is 5.02 Å². The van der Waals surface area contributed by atoms with Gasteiger partial charge in [0.15, 0.2) is 0 Å². The van der Waals surface area contributed by atoms with Crippen molar-refractivity contribution in [1.29, 1.82) is 0 Å². The molecule has 0 atom stereocenters. The van der Waals surface area contributed by atoms with E-state index in [9.17, 15) is 9.59 Å². The number of nitrogens with zero attached hydrogens (tertiary/aromatic N) is 1. The maximum atomic E-state index is 12.1. The van der Waals surface area contributed by atoms with Gasteiger partial charge in [-0.1, -0.05) is 27.5 Å². The lowest BCUT2D eigenvalue weighted by molar-refractivity contribution is -0.143. The lowest BCUT2D eigenvalue weighted by atomic mass is 10.3. The van der Waals surface area contributed by atoms with Gasteiger partial charge in [-0.3, -0.25) is 9.59 Å². The number of hydrogen-bond donors (Lipinski definition) is 2. The molecule has 1 aliphatic rings. The summed E-state index contributed by atoms with van der Waals surface area (Å²) >= 11 is 9.28. The van der Waals surface area contributed by atoms with Crippen molar-refractivity contribution in [2.75, 3.05) is 31.5 Å². The summed E-state index contributed by atoms with van der Waals surface area (Å²) in [6.45, 7) is 2.70. The van der Waals surface area contributed by atoms with Crippen LogP contribution in [-0.2, 0) is 9.59 Å². The van der Waals surface area contributed by atoms with Crippen molar-refractivity contribution in [3.63, 3.8) is 0 Å². The Morgan fingerprint density at radius 3 is 2.90 bits per heavy atom. The van der Waals surface area contributed by atoms with E-state index in [0.717, 1.165) is 17.4 Å². The third-order valence-corrected chi connectivity index (χ3v) is 3.82. The first-order chi connectivity index (χ1) is 9.58. The Bertz CT molecular complexity index is 516. The maximum Gasteiger partial charge on any atom is 0.313 e. The highest BCUT2D eigenvalue weighted by atomic mass is 79.9. The van der Waals surface area contributed by atoms with E-state index >= 15 is 0 Å². The SMILES string of the molecule is O=C(Nc1cc(Br)ccc1Cl)C(=O)N1CCCNCC1. The van der Waals surface area contributed by atoms with Gasteiger partial charge in [-0.25, -0.2) is 0 Å². The molecule has 1 heterocycles. The van der Waals surface area contributed by atoms with Crippen LogP contribution in [-0.4, -0.2) is 42.9 Å². The van der Waals surface area contributed by atoms with E-state index in [2.05, 4.69) is 26.6 Å². The molecule has 2 N–H and O–H groups in total. The Kier molecular flexibility index (Phi) is 5.39. The third kappa shape index (κ3) is 3.94. The van der Waals surface area contributed by atoms with Crippen molar-refractivity contribution in [2.45, 2.75) is 6.42 Å². The van der Waals surface area contributed by atoms with Crippen molar-refractivity contribution >= 4 is 45.0 Å². The van der Waals surface area contributed by atoms with Crippen molar-refractivity contribution in [1.82, 2.24) is 10.2 Å². The molecule has 1 aromatic rings. The second kappa shape index (κ2) is 7.06. The molecule has 1 aliphatic heterocycles. The van der Waals surface area contributed by atoms with Gasteiger partial charge in [0.2, 0.25) is 0 Å². The number of hydrogen-bond acceptors (Lipinski definition) is 3. The molecule has 2 rings (SSSR count). The Hall–Kier alpha value is -1.11. The maximum absolute atomic E-state index is 12.1. The van der Waals surface area contributed by atoms with Gasteiger partial charge in [-0.2, -0.15) is 0 Å². The van der Waals surface area contributed by atoms with Crippen LogP contribution < -0.4 is 10.6 Å². The van der Waals surface area contributed by atoms with Crippen LogP contribution in [0.1, 0.15) is 6.42 Å². The number of benzene rings is 1. The number of carbonyl (C=O) groups is 2. The lowest BCUT2D eigenvalue weighted by Gasteiger charge is -2.19. The minimum absolute atomic E-state index is 0.395. The molecule has 0 spiro atoms. The number of anilines is 1. The summed E-state index contributed by atoms with van der Waals surface area (Å²) in [4.78, 5) is 25.6. The van der Waals surface area contributed by atoms with E-state index in [4.69, 9.17) is 11.6 Å². The number of nitrogens with one attached hydrogen (secondary N) is 2. The summed E-state index contributed by atoms with van der Waals surface area (Å²) in [5, 5.41) is 6.14. The molecule has 0 bridgehead atoms. The Morgan fingerprint density at radius 2 is 2.10 bits per heavy atom. The molecule has 20 heavy (non-hydrogen) atoms. The fourth-order valence-electron chi connectivity index (χ4n) is 1.96. The Labute approximate surface area is 130 Å². The summed E-state index contributed by atoms with van der Waals surface area (Å²) in [7, 11) is 0. The van der Waals surface area contributed by atoms with Gasteiger partial charge in [0.05, 0.1) is 10.7 Å². The van der Waals surface area contributed by atoms with Gasteiger partial charge in [0, 0.05) is 24.1 Å².